The summed E-state index contributed by atoms with van der Waals surface area (Å²) in [7, 11) is 0. The number of primary amides is 1. The number of alkyl halides is 3. The highest BCUT2D eigenvalue weighted by atomic mass is 32.1. The van der Waals surface area contributed by atoms with Gasteiger partial charge in [-0.1, -0.05) is 20.8 Å². The number of carbonyl (C=O) groups excluding carboxylic acids is 3. The largest absolute Gasteiger partial charge is 0.459 e. The predicted molar refractivity (Wildman–Crippen MR) is 123 cm³/mol. The molecule has 0 spiro atoms. The van der Waals surface area contributed by atoms with Crippen LogP contribution in [0.15, 0.2) is 12.1 Å². The van der Waals surface area contributed by atoms with Crippen LogP contribution in [0.4, 0.5) is 18.2 Å². The molecule has 3 heterocycles. The molecular formula is C22H24F3N5O4S. The van der Waals surface area contributed by atoms with Crippen molar-refractivity contribution in [3.63, 3.8) is 0 Å². The van der Waals surface area contributed by atoms with Crippen molar-refractivity contribution in [1.82, 2.24) is 14.6 Å². The van der Waals surface area contributed by atoms with Crippen molar-refractivity contribution in [3.05, 3.63) is 45.2 Å². The van der Waals surface area contributed by atoms with Gasteiger partial charge in [-0.25, -0.2) is 14.3 Å². The molecule has 0 aliphatic carbocycles. The summed E-state index contributed by atoms with van der Waals surface area (Å²) in [5, 5.41) is 6.21. The number of halogens is 3. The Balaban J connectivity index is 2.08. The topological polar surface area (TPSA) is 129 Å². The van der Waals surface area contributed by atoms with Gasteiger partial charge in [0.2, 0.25) is 0 Å². The van der Waals surface area contributed by atoms with Crippen molar-refractivity contribution in [2.75, 3.05) is 5.32 Å². The van der Waals surface area contributed by atoms with E-state index in [4.69, 9.17) is 10.5 Å². The monoisotopic (exact) mass is 511 g/mol. The van der Waals surface area contributed by atoms with Crippen LogP contribution in [0.3, 0.4) is 0 Å². The fourth-order valence-corrected chi connectivity index (χ4v) is 4.24. The lowest BCUT2D eigenvalue weighted by Crippen LogP contribution is -2.20. The second-order valence-electron chi connectivity index (χ2n) is 9.11. The van der Waals surface area contributed by atoms with Gasteiger partial charge in [0.25, 0.3) is 11.8 Å². The molecule has 0 unspecified atom stereocenters. The Kier molecular flexibility index (Phi) is 6.68. The Hall–Kier alpha value is -3.48. The van der Waals surface area contributed by atoms with Crippen LogP contribution in [0.2, 0.25) is 0 Å². The van der Waals surface area contributed by atoms with Gasteiger partial charge in [-0.05, 0) is 32.4 Å². The van der Waals surface area contributed by atoms with Gasteiger partial charge in [0.1, 0.15) is 10.7 Å². The quantitative estimate of drug-likeness (QED) is 0.491. The molecule has 0 saturated carbocycles. The van der Waals surface area contributed by atoms with Crippen molar-refractivity contribution in [1.29, 1.82) is 0 Å². The van der Waals surface area contributed by atoms with Crippen molar-refractivity contribution in [2.45, 2.75) is 59.2 Å². The summed E-state index contributed by atoms with van der Waals surface area (Å²) in [5.74, 6) is -2.51. The summed E-state index contributed by atoms with van der Waals surface area (Å²) >= 11 is 0.755. The number of amides is 2. The number of nitrogens with one attached hydrogen (secondary N) is 1. The van der Waals surface area contributed by atoms with E-state index in [9.17, 15) is 27.6 Å². The van der Waals surface area contributed by atoms with Crippen LogP contribution in [0, 0.1) is 6.92 Å². The lowest BCUT2D eigenvalue weighted by Gasteiger charge is -2.19. The molecule has 188 valence electrons. The SMILES string of the molecule is Cc1c(C(N)=O)sc(NC(=O)c2cc3nc(C(C)(C)C)cc(C(F)(F)F)n3n2)c1C(=O)OC(C)C. The summed E-state index contributed by atoms with van der Waals surface area (Å²) in [6, 6.07) is 2.00. The molecule has 9 nitrogen and oxygen atoms in total. The molecule has 2 amide bonds. The Labute approximate surface area is 202 Å². The summed E-state index contributed by atoms with van der Waals surface area (Å²) in [5.41, 5.74) is 3.36. The average Bonchev–Trinajstić information content (AvgIpc) is 3.26. The highest BCUT2D eigenvalue weighted by Crippen LogP contribution is 2.35. The molecular weight excluding hydrogens is 487 g/mol. The van der Waals surface area contributed by atoms with Gasteiger partial charge in [0.05, 0.1) is 22.2 Å². The molecule has 0 aliphatic heterocycles. The van der Waals surface area contributed by atoms with E-state index in [1.807, 2.05) is 0 Å². The molecule has 0 fully saturated rings. The maximum Gasteiger partial charge on any atom is 0.433 e. The molecule has 0 radical (unpaired) electrons. The molecule has 0 aromatic carbocycles. The normalized spacial score (nSPS) is 12.3. The first-order valence-electron chi connectivity index (χ1n) is 10.4. The van der Waals surface area contributed by atoms with Crippen LogP contribution in [0.5, 0.6) is 0 Å². The van der Waals surface area contributed by atoms with Gasteiger partial charge in [-0.15, -0.1) is 11.3 Å². The van der Waals surface area contributed by atoms with E-state index in [0.29, 0.717) is 4.52 Å². The maximum atomic E-state index is 13.7. The van der Waals surface area contributed by atoms with Gasteiger partial charge < -0.3 is 15.8 Å². The molecule has 3 aromatic rings. The van der Waals surface area contributed by atoms with Crippen molar-refractivity contribution in [3.8, 4) is 0 Å². The molecule has 0 bridgehead atoms. The number of ether oxygens (including phenoxy) is 1. The molecule has 0 atom stereocenters. The third-order valence-corrected chi connectivity index (χ3v) is 6.08. The van der Waals surface area contributed by atoms with Gasteiger partial charge in [-0.3, -0.25) is 9.59 Å². The van der Waals surface area contributed by atoms with Gasteiger partial charge in [-0.2, -0.15) is 18.3 Å². The highest BCUT2D eigenvalue weighted by Gasteiger charge is 2.37. The lowest BCUT2D eigenvalue weighted by atomic mass is 9.91. The van der Waals surface area contributed by atoms with E-state index in [2.05, 4.69) is 15.4 Å². The Morgan fingerprint density at radius 2 is 1.80 bits per heavy atom. The predicted octanol–water partition coefficient (Wildman–Crippen LogP) is 4.33. The molecule has 35 heavy (non-hydrogen) atoms. The number of nitrogens with two attached hydrogens (primary N) is 1. The summed E-state index contributed by atoms with van der Waals surface area (Å²) < 4.78 is 46.9. The van der Waals surface area contributed by atoms with E-state index < -0.39 is 41.2 Å². The number of nitrogens with zero attached hydrogens (tertiary/aromatic N) is 3. The first kappa shape index (κ1) is 26.1. The Bertz CT molecular complexity index is 1340. The smallest absolute Gasteiger partial charge is 0.433 e. The van der Waals surface area contributed by atoms with E-state index in [-0.39, 0.29) is 38.0 Å². The molecule has 3 aromatic heterocycles. The van der Waals surface area contributed by atoms with Gasteiger partial charge >= 0.3 is 12.1 Å². The molecule has 0 saturated heterocycles. The van der Waals surface area contributed by atoms with Crippen LogP contribution >= 0.6 is 11.3 Å². The Morgan fingerprint density at radius 3 is 2.31 bits per heavy atom. The summed E-state index contributed by atoms with van der Waals surface area (Å²) in [4.78, 5) is 41.6. The molecule has 13 heteroatoms. The number of hydrogen-bond donors (Lipinski definition) is 2. The zero-order chi connectivity index (χ0) is 26.5. The number of rotatable bonds is 5. The lowest BCUT2D eigenvalue weighted by molar-refractivity contribution is -0.142. The second kappa shape index (κ2) is 8.95. The van der Waals surface area contributed by atoms with E-state index >= 15 is 0 Å². The van der Waals surface area contributed by atoms with Gasteiger partial charge in [0.15, 0.2) is 11.3 Å². The minimum Gasteiger partial charge on any atom is -0.459 e. The average molecular weight is 512 g/mol. The minimum atomic E-state index is -4.75. The fraction of sp³-hybridized carbons (Fsp3) is 0.409. The number of fused-ring (bicyclic) bond motifs is 1. The minimum absolute atomic E-state index is 0.0295. The standard InChI is InChI=1S/C22H24F3N5O4S/c1-9(2)34-20(33)15-10(3)16(17(26)31)35-19(15)28-18(32)11-7-14-27-12(21(4,5)6)8-13(22(23,24)25)30(14)29-11/h7-9H,1-6H3,(H2,26,31)(H,28,32). The number of carbonyl (C=O) groups is 3. The zero-order valence-corrected chi connectivity index (χ0v) is 20.6. The number of hydrogen-bond acceptors (Lipinski definition) is 7. The van der Waals surface area contributed by atoms with E-state index in [1.54, 1.807) is 34.6 Å². The molecule has 3 N–H and O–H groups in total. The Morgan fingerprint density at radius 1 is 1.17 bits per heavy atom. The first-order valence-corrected chi connectivity index (χ1v) is 11.3. The third kappa shape index (κ3) is 5.29. The van der Waals surface area contributed by atoms with Crippen molar-refractivity contribution < 1.29 is 32.3 Å². The molecule has 0 aliphatic rings. The van der Waals surface area contributed by atoms with Gasteiger partial charge in [0, 0.05) is 11.5 Å². The number of thiophene rings is 1. The van der Waals surface area contributed by atoms with E-state index in [1.165, 1.54) is 6.92 Å². The van der Waals surface area contributed by atoms with Crippen LogP contribution in [-0.2, 0) is 16.3 Å². The fourth-order valence-electron chi connectivity index (χ4n) is 3.19. The van der Waals surface area contributed by atoms with Crippen LogP contribution in [0.1, 0.15) is 82.1 Å². The third-order valence-electron chi connectivity index (χ3n) is 4.86. The highest BCUT2D eigenvalue weighted by molar-refractivity contribution is 7.18. The zero-order valence-electron chi connectivity index (χ0n) is 19.8. The molecule has 3 rings (SSSR count). The number of anilines is 1. The van der Waals surface area contributed by atoms with Crippen LogP contribution in [0.25, 0.3) is 5.65 Å². The van der Waals surface area contributed by atoms with Crippen LogP contribution in [-0.4, -0.2) is 38.5 Å². The number of aromatic nitrogens is 3. The number of esters is 1. The van der Waals surface area contributed by atoms with Crippen LogP contribution < -0.4 is 11.1 Å². The first-order chi connectivity index (χ1) is 16.0. The second-order valence-corrected chi connectivity index (χ2v) is 10.1. The summed E-state index contributed by atoms with van der Waals surface area (Å²) in [6.07, 6.45) is -5.24. The van der Waals surface area contributed by atoms with Crippen molar-refractivity contribution >= 4 is 39.8 Å². The van der Waals surface area contributed by atoms with Crippen molar-refractivity contribution in [2.24, 2.45) is 5.73 Å². The van der Waals surface area contributed by atoms with E-state index in [0.717, 1.165) is 23.5 Å². The maximum absolute atomic E-state index is 13.7. The summed E-state index contributed by atoms with van der Waals surface area (Å²) in [6.45, 7) is 9.86.